The highest BCUT2D eigenvalue weighted by molar-refractivity contribution is 6.01. The first-order valence-corrected chi connectivity index (χ1v) is 28.5. The second-order valence-electron chi connectivity index (χ2n) is 21.9. The molecule has 0 heterocycles. The number of nitrogens with zero attached hydrogens (tertiary/aromatic N) is 2. The summed E-state index contributed by atoms with van der Waals surface area (Å²) in [7, 11) is 8.55. The van der Waals surface area contributed by atoms with Crippen molar-refractivity contribution in [2.75, 3.05) is 54.4 Å². The summed E-state index contributed by atoms with van der Waals surface area (Å²) in [6.07, 6.45) is 45.3. The van der Waals surface area contributed by atoms with Crippen molar-refractivity contribution in [2.24, 2.45) is 0 Å². The molecule has 0 bridgehead atoms. The number of Topliss-reactive ketones (excluding diaryl/α,β-unsaturated/α-hetero) is 2. The van der Waals surface area contributed by atoms with Crippen LogP contribution in [0, 0.1) is 0 Å². The molecule has 0 aliphatic rings. The molecule has 0 aliphatic carbocycles. The first kappa shape index (κ1) is 62.4. The van der Waals surface area contributed by atoms with Gasteiger partial charge in [-0.25, -0.2) is 4.79 Å². The fraction of sp³-hybridized carbons (Fsp3) is 0.831. The van der Waals surface area contributed by atoms with Gasteiger partial charge in [-0.2, -0.15) is 0 Å². The van der Waals surface area contributed by atoms with E-state index in [2.05, 4.69) is 42.0 Å². The summed E-state index contributed by atoms with van der Waals surface area (Å²) in [5.41, 5.74) is -0.167. The Morgan fingerprint density at radius 2 is 0.687 bits per heavy atom. The van der Waals surface area contributed by atoms with Gasteiger partial charge in [0.2, 0.25) is 0 Å². The summed E-state index contributed by atoms with van der Waals surface area (Å²) in [6.45, 7) is 7.35. The van der Waals surface area contributed by atoms with Crippen LogP contribution in [0.4, 0.5) is 0 Å². The van der Waals surface area contributed by atoms with E-state index in [0.717, 1.165) is 64.5 Å². The lowest BCUT2D eigenvalue weighted by Crippen LogP contribution is -2.54. The van der Waals surface area contributed by atoms with Crippen LogP contribution in [0.2, 0.25) is 0 Å². The smallest absolute Gasteiger partial charge is 0.339 e. The lowest BCUT2D eigenvalue weighted by atomic mass is 10.0. The number of esters is 1. The molecular formula is C59H107N2O6+. The number of carbonyl (C=O) groups excluding carboxylic acids is 4. The van der Waals surface area contributed by atoms with Crippen molar-refractivity contribution in [3.05, 3.63) is 35.4 Å². The topological polar surface area (TPSA) is 101 Å². The molecular weight excluding hydrogens is 833 g/mol. The van der Waals surface area contributed by atoms with E-state index in [1.54, 1.807) is 12.1 Å². The van der Waals surface area contributed by atoms with Crippen molar-refractivity contribution in [3.63, 3.8) is 0 Å². The Hall–Kier alpha value is -2.58. The van der Waals surface area contributed by atoms with E-state index in [0.29, 0.717) is 59.3 Å². The molecule has 1 rings (SSSR count). The molecule has 0 fully saturated rings. The molecule has 0 N–H and O–H groups in total. The molecule has 0 spiro atoms. The number of carboxylic acid groups (broad SMARTS) is 1. The molecule has 1 aromatic rings. The number of unbranched alkanes of at least 4 members (excludes halogenated alkanes) is 30. The molecule has 0 aliphatic heterocycles. The zero-order valence-corrected chi connectivity index (χ0v) is 44.9. The van der Waals surface area contributed by atoms with Crippen LogP contribution in [-0.4, -0.2) is 92.9 Å². The Morgan fingerprint density at radius 3 is 0.985 bits per heavy atom. The third kappa shape index (κ3) is 37.0. The Bertz CT molecular complexity index is 1320. The SMILES string of the molecule is CCCCCCCCCCCCCCCCCC(=O)CCCC[N+](C)(C)CC(C[N+](C)(C)CCCCC(=O)CCCCCCCCCCCCCCCCC)OC(=O)c1ccccc1C(=O)[O-]. The molecule has 0 amide bonds. The maximum absolute atomic E-state index is 13.5. The van der Waals surface area contributed by atoms with Crippen molar-refractivity contribution in [1.82, 2.24) is 0 Å². The predicted molar refractivity (Wildman–Crippen MR) is 280 cm³/mol. The molecule has 8 heteroatoms. The Kier molecular flexibility index (Phi) is 38.4. The van der Waals surface area contributed by atoms with Crippen LogP contribution in [-0.2, 0) is 14.3 Å². The van der Waals surface area contributed by atoms with Crippen LogP contribution in [0.1, 0.15) is 279 Å². The second kappa shape index (κ2) is 41.2. The third-order valence-electron chi connectivity index (χ3n) is 14.1. The van der Waals surface area contributed by atoms with Crippen molar-refractivity contribution < 1.29 is 38.0 Å². The van der Waals surface area contributed by atoms with Crippen LogP contribution in [0.25, 0.3) is 0 Å². The molecule has 0 saturated carbocycles. The van der Waals surface area contributed by atoms with Crippen molar-refractivity contribution in [1.29, 1.82) is 0 Å². The molecule has 1 aromatic carbocycles. The van der Waals surface area contributed by atoms with Gasteiger partial charge in [0.05, 0.1) is 52.8 Å². The van der Waals surface area contributed by atoms with Gasteiger partial charge in [0.25, 0.3) is 0 Å². The maximum Gasteiger partial charge on any atom is 0.339 e. The van der Waals surface area contributed by atoms with E-state index in [1.165, 1.54) is 179 Å². The van der Waals surface area contributed by atoms with Gasteiger partial charge in [0, 0.05) is 31.2 Å². The molecule has 0 atom stereocenters. The van der Waals surface area contributed by atoms with Crippen molar-refractivity contribution in [3.8, 4) is 0 Å². The number of aromatic carboxylic acids is 1. The number of benzene rings is 1. The average Bonchev–Trinajstić information content (AvgIpc) is 3.28. The van der Waals surface area contributed by atoms with Crippen LogP contribution in [0.15, 0.2) is 24.3 Å². The van der Waals surface area contributed by atoms with E-state index >= 15 is 0 Å². The van der Waals surface area contributed by atoms with Crippen molar-refractivity contribution in [2.45, 2.75) is 264 Å². The number of hydrogen-bond acceptors (Lipinski definition) is 6. The van der Waals surface area contributed by atoms with Gasteiger partial charge in [-0.05, 0) is 44.6 Å². The van der Waals surface area contributed by atoms with E-state index in [1.807, 2.05) is 0 Å². The molecule has 0 aromatic heterocycles. The number of likely N-dealkylation sites (N-methyl/N-ethyl adjacent to an activating group) is 2. The maximum atomic E-state index is 13.5. The highest BCUT2D eigenvalue weighted by Gasteiger charge is 2.32. The number of ketones is 2. The Balaban J connectivity index is 2.42. The van der Waals surface area contributed by atoms with Gasteiger partial charge in [-0.15, -0.1) is 0 Å². The summed E-state index contributed by atoms with van der Waals surface area (Å²) in [5.74, 6) is -1.33. The van der Waals surface area contributed by atoms with Crippen LogP contribution >= 0.6 is 0 Å². The van der Waals surface area contributed by atoms with Gasteiger partial charge >= 0.3 is 5.97 Å². The van der Waals surface area contributed by atoms with Crippen LogP contribution < -0.4 is 5.11 Å². The normalized spacial score (nSPS) is 12.0. The first-order chi connectivity index (χ1) is 32.3. The summed E-state index contributed by atoms with van der Waals surface area (Å²) in [5, 5.41) is 11.8. The number of ether oxygens (including phenoxy) is 1. The molecule has 67 heavy (non-hydrogen) atoms. The van der Waals surface area contributed by atoms with E-state index in [4.69, 9.17) is 4.74 Å². The minimum atomic E-state index is -1.40. The summed E-state index contributed by atoms with van der Waals surface area (Å²) >= 11 is 0. The van der Waals surface area contributed by atoms with E-state index in [-0.39, 0.29) is 11.1 Å². The summed E-state index contributed by atoms with van der Waals surface area (Å²) in [6, 6.07) is 6.08. The second-order valence-corrected chi connectivity index (χ2v) is 21.9. The van der Waals surface area contributed by atoms with Gasteiger partial charge in [-0.3, -0.25) is 9.59 Å². The standard InChI is InChI=1S/C59H107N2O6/c1-7-9-11-13-15-17-19-21-23-25-27-29-31-33-35-43-53(62)45-39-41-49-60(3,4)51-55(67-59(66)57-48-38-37-47-56(57)58(64)65)52-61(5,6)50-42-40-46-54(63)44-36-34-32-30-28-26-24-22-20-18-16-14-12-10-8-2/h37-38,47-48,55H,7-36,39-46,49-52H2,1-6H3/q+1. The minimum Gasteiger partial charge on any atom is -0.545 e. The summed E-state index contributed by atoms with van der Waals surface area (Å²) in [4.78, 5) is 50.8. The zero-order valence-electron chi connectivity index (χ0n) is 44.9. The third-order valence-corrected chi connectivity index (χ3v) is 14.1. The van der Waals surface area contributed by atoms with E-state index in [9.17, 15) is 24.3 Å². The lowest BCUT2D eigenvalue weighted by molar-refractivity contribution is -0.914. The quantitative estimate of drug-likeness (QED) is 0.0366. The molecule has 8 nitrogen and oxygen atoms in total. The number of quaternary nitrogens is 2. The lowest BCUT2D eigenvalue weighted by Gasteiger charge is -2.37. The predicted octanol–water partition coefficient (Wildman–Crippen LogP) is 14.7. The Morgan fingerprint density at radius 1 is 0.418 bits per heavy atom. The number of carbonyl (C=O) groups is 4. The first-order valence-electron chi connectivity index (χ1n) is 28.5. The largest absolute Gasteiger partial charge is 0.545 e. The molecule has 0 saturated heterocycles. The number of carboxylic acids is 1. The molecule has 0 radical (unpaired) electrons. The summed E-state index contributed by atoms with van der Waals surface area (Å²) < 4.78 is 7.38. The Labute approximate surface area is 413 Å². The fourth-order valence-corrected chi connectivity index (χ4v) is 9.83. The van der Waals surface area contributed by atoms with Gasteiger partial charge in [0.1, 0.15) is 24.7 Å². The van der Waals surface area contributed by atoms with Crippen LogP contribution in [0.3, 0.4) is 0 Å². The van der Waals surface area contributed by atoms with Gasteiger partial charge in [0.15, 0.2) is 6.10 Å². The van der Waals surface area contributed by atoms with Crippen molar-refractivity contribution >= 4 is 23.5 Å². The van der Waals surface area contributed by atoms with Gasteiger partial charge < -0.3 is 23.6 Å². The monoisotopic (exact) mass is 940 g/mol. The number of rotatable bonds is 49. The highest BCUT2D eigenvalue weighted by Crippen LogP contribution is 2.19. The van der Waals surface area contributed by atoms with Gasteiger partial charge in [-0.1, -0.05) is 212 Å². The minimum absolute atomic E-state index is 0.00306. The average molecular weight is 941 g/mol. The highest BCUT2D eigenvalue weighted by atomic mass is 16.5. The zero-order chi connectivity index (χ0) is 49.3. The molecule has 0 unspecified atom stereocenters. The van der Waals surface area contributed by atoms with Crippen LogP contribution in [0.5, 0.6) is 0 Å². The van der Waals surface area contributed by atoms with E-state index < -0.39 is 18.0 Å². The number of hydrogen-bond donors (Lipinski definition) is 0. The fourth-order valence-electron chi connectivity index (χ4n) is 9.83. The molecule has 388 valence electrons.